The number of carbonyl (C=O) groups excluding carboxylic acids is 1. The predicted octanol–water partition coefficient (Wildman–Crippen LogP) is 4.50. The second kappa shape index (κ2) is 9.89. The van der Waals surface area contributed by atoms with Crippen molar-refractivity contribution in [2.24, 2.45) is 0 Å². The van der Waals surface area contributed by atoms with E-state index >= 15 is 0 Å². The van der Waals surface area contributed by atoms with Crippen molar-refractivity contribution >= 4 is 27.3 Å². The molecule has 4 aromatic rings. The number of imidazole rings is 1. The third kappa shape index (κ3) is 5.21. The van der Waals surface area contributed by atoms with Crippen molar-refractivity contribution in [2.45, 2.75) is 38.3 Å². The molecule has 0 unspecified atom stereocenters. The molecule has 1 N–H and O–H groups in total. The standard InChI is InChI=1S/C26H28N4O4S/c1-18(2)29(4)35(32,33)22-13-11-20(12-14-22)28-26(31)23-9-5-6-10-24(23)34-17-21-16-30-15-7-8-19(3)25(30)27-21/h5-16,18H,17H2,1-4H3,(H,28,31). The Morgan fingerprint density at radius 3 is 2.49 bits per heavy atom. The summed E-state index contributed by atoms with van der Waals surface area (Å²) in [6.45, 7) is 5.82. The van der Waals surface area contributed by atoms with E-state index in [1.54, 1.807) is 43.4 Å². The molecule has 0 aliphatic rings. The van der Waals surface area contributed by atoms with Gasteiger partial charge in [0.15, 0.2) is 0 Å². The number of para-hydroxylation sites is 1. The molecule has 0 aliphatic heterocycles. The molecule has 0 atom stereocenters. The minimum Gasteiger partial charge on any atom is -0.486 e. The zero-order chi connectivity index (χ0) is 25.2. The number of nitrogens with one attached hydrogen (secondary N) is 1. The number of carbonyl (C=O) groups is 1. The Bertz CT molecular complexity index is 1460. The molecule has 2 heterocycles. The lowest BCUT2D eigenvalue weighted by Crippen LogP contribution is -2.33. The summed E-state index contributed by atoms with van der Waals surface area (Å²) in [6.07, 6.45) is 3.83. The summed E-state index contributed by atoms with van der Waals surface area (Å²) in [5, 5.41) is 2.81. The van der Waals surface area contributed by atoms with Gasteiger partial charge in [0.25, 0.3) is 5.91 Å². The van der Waals surface area contributed by atoms with E-state index in [-0.39, 0.29) is 23.5 Å². The molecular weight excluding hydrogens is 464 g/mol. The van der Waals surface area contributed by atoms with Crippen LogP contribution >= 0.6 is 0 Å². The number of anilines is 1. The smallest absolute Gasteiger partial charge is 0.259 e. The molecule has 0 aliphatic carbocycles. The first-order valence-corrected chi connectivity index (χ1v) is 12.7. The molecule has 8 nitrogen and oxygen atoms in total. The van der Waals surface area contributed by atoms with Gasteiger partial charge >= 0.3 is 0 Å². The number of ether oxygens (including phenoxy) is 1. The van der Waals surface area contributed by atoms with Crippen molar-refractivity contribution in [1.82, 2.24) is 13.7 Å². The van der Waals surface area contributed by atoms with Gasteiger partial charge in [0, 0.05) is 31.2 Å². The van der Waals surface area contributed by atoms with Crippen LogP contribution in [0.25, 0.3) is 5.65 Å². The van der Waals surface area contributed by atoms with E-state index in [1.165, 1.54) is 16.4 Å². The van der Waals surface area contributed by atoms with Crippen LogP contribution in [0.1, 0.15) is 35.5 Å². The van der Waals surface area contributed by atoms with Gasteiger partial charge in [-0.05, 0) is 68.8 Å². The first-order valence-electron chi connectivity index (χ1n) is 11.2. The Balaban J connectivity index is 1.47. The zero-order valence-electron chi connectivity index (χ0n) is 20.1. The van der Waals surface area contributed by atoms with Crippen molar-refractivity contribution in [3.63, 3.8) is 0 Å². The molecule has 9 heteroatoms. The minimum absolute atomic E-state index is 0.165. The van der Waals surface area contributed by atoms with Gasteiger partial charge in [-0.2, -0.15) is 4.31 Å². The van der Waals surface area contributed by atoms with Gasteiger partial charge in [0.2, 0.25) is 10.0 Å². The molecule has 2 aromatic carbocycles. The van der Waals surface area contributed by atoms with E-state index in [1.807, 2.05) is 49.7 Å². The van der Waals surface area contributed by atoms with Gasteiger partial charge in [0.05, 0.1) is 16.2 Å². The monoisotopic (exact) mass is 492 g/mol. The molecule has 0 bridgehead atoms. The Morgan fingerprint density at radius 1 is 1.09 bits per heavy atom. The zero-order valence-corrected chi connectivity index (χ0v) is 20.9. The number of pyridine rings is 1. The maximum absolute atomic E-state index is 13.0. The average molecular weight is 493 g/mol. The first-order chi connectivity index (χ1) is 16.7. The molecule has 1 amide bonds. The van der Waals surface area contributed by atoms with E-state index in [9.17, 15) is 13.2 Å². The van der Waals surface area contributed by atoms with Gasteiger partial charge in [-0.25, -0.2) is 13.4 Å². The van der Waals surface area contributed by atoms with Crippen LogP contribution in [0.4, 0.5) is 5.69 Å². The quantitative estimate of drug-likeness (QED) is 0.391. The summed E-state index contributed by atoms with van der Waals surface area (Å²) in [5.41, 5.74) is 3.52. The van der Waals surface area contributed by atoms with E-state index in [2.05, 4.69) is 10.3 Å². The molecule has 2 aromatic heterocycles. The van der Waals surface area contributed by atoms with Crippen molar-refractivity contribution < 1.29 is 17.9 Å². The number of hydrogen-bond donors (Lipinski definition) is 1. The van der Waals surface area contributed by atoms with Crippen molar-refractivity contribution in [3.8, 4) is 5.75 Å². The Labute approximate surface area is 205 Å². The van der Waals surface area contributed by atoms with Crippen LogP contribution in [0.5, 0.6) is 5.75 Å². The Hall–Kier alpha value is -3.69. The average Bonchev–Trinajstić information content (AvgIpc) is 3.27. The Morgan fingerprint density at radius 2 is 1.80 bits per heavy atom. The topological polar surface area (TPSA) is 93.0 Å². The summed E-state index contributed by atoms with van der Waals surface area (Å²) >= 11 is 0. The SMILES string of the molecule is Cc1cccn2cc(COc3ccccc3C(=O)Nc3ccc(S(=O)(=O)N(C)C(C)C)cc3)nc12. The predicted molar refractivity (Wildman–Crippen MR) is 135 cm³/mol. The summed E-state index contributed by atoms with van der Waals surface area (Å²) in [4.78, 5) is 17.7. The number of amides is 1. The van der Waals surface area contributed by atoms with E-state index in [0.29, 0.717) is 17.0 Å². The lowest BCUT2D eigenvalue weighted by Gasteiger charge is -2.21. The molecule has 0 saturated heterocycles. The van der Waals surface area contributed by atoms with E-state index in [0.717, 1.165) is 16.9 Å². The van der Waals surface area contributed by atoms with Gasteiger partial charge in [-0.1, -0.05) is 18.2 Å². The molecular formula is C26H28N4O4S. The fraction of sp³-hybridized carbons (Fsp3) is 0.231. The third-order valence-electron chi connectivity index (χ3n) is 5.75. The van der Waals surface area contributed by atoms with Gasteiger partial charge in [-0.15, -0.1) is 0 Å². The highest BCUT2D eigenvalue weighted by molar-refractivity contribution is 7.89. The first kappa shape index (κ1) is 24.4. The number of rotatable bonds is 8. The highest BCUT2D eigenvalue weighted by atomic mass is 32.2. The molecule has 0 fully saturated rings. The fourth-order valence-electron chi connectivity index (χ4n) is 3.56. The Kier molecular flexibility index (Phi) is 6.90. The van der Waals surface area contributed by atoms with Crippen LogP contribution in [0.2, 0.25) is 0 Å². The van der Waals surface area contributed by atoms with E-state index < -0.39 is 10.0 Å². The normalized spacial score (nSPS) is 11.8. The van der Waals surface area contributed by atoms with Gasteiger partial charge in [0.1, 0.15) is 18.0 Å². The summed E-state index contributed by atoms with van der Waals surface area (Å²) in [5.74, 6) is 0.0675. The fourth-order valence-corrected chi connectivity index (χ4v) is 4.93. The number of hydrogen-bond acceptors (Lipinski definition) is 5. The number of aryl methyl sites for hydroxylation is 1. The van der Waals surface area contributed by atoms with Crippen LogP contribution in [0.3, 0.4) is 0 Å². The van der Waals surface area contributed by atoms with Crippen molar-refractivity contribution in [3.05, 3.63) is 89.9 Å². The lowest BCUT2D eigenvalue weighted by molar-refractivity contribution is 0.102. The summed E-state index contributed by atoms with van der Waals surface area (Å²) in [6, 6.07) is 16.9. The number of nitrogens with zero attached hydrogens (tertiary/aromatic N) is 3. The van der Waals surface area contributed by atoms with Crippen LogP contribution in [0, 0.1) is 6.92 Å². The van der Waals surface area contributed by atoms with Crippen molar-refractivity contribution in [2.75, 3.05) is 12.4 Å². The molecule has 0 saturated carbocycles. The second-order valence-corrected chi connectivity index (χ2v) is 10.5. The molecule has 0 radical (unpaired) electrons. The van der Waals surface area contributed by atoms with Crippen LogP contribution in [-0.2, 0) is 16.6 Å². The van der Waals surface area contributed by atoms with Crippen LogP contribution in [-0.4, -0.2) is 41.1 Å². The maximum Gasteiger partial charge on any atom is 0.259 e. The van der Waals surface area contributed by atoms with Crippen molar-refractivity contribution in [1.29, 1.82) is 0 Å². The maximum atomic E-state index is 13.0. The third-order valence-corrected chi connectivity index (χ3v) is 7.80. The largest absolute Gasteiger partial charge is 0.486 e. The minimum atomic E-state index is -3.60. The lowest BCUT2D eigenvalue weighted by atomic mass is 10.2. The molecule has 35 heavy (non-hydrogen) atoms. The number of sulfonamides is 1. The second-order valence-electron chi connectivity index (χ2n) is 8.53. The highest BCUT2D eigenvalue weighted by Gasteiger charge is 2.23. The summed E-state index contributed by atoms with van der Waals surface area (Å²) in [7, 11) is -2.05. The van der Waals surface area contributed by atoms with E-state index in [4.69, 9.17) is 4.74 Å². The van der Waals surface area contributed by atoms with Crippen LogP contribution < -0.4 is 10.1 Å². The molecule has 182 valence electrons. The van der Waals surface area contributed by atoms with Gasteiger partial charge < -0.3 is 14.5 Å². The van der Waals surface area contributed by atoms with Crippen LogP contribution in [0.15, 0.2) is 78.0 Å². The number of fused-ring (bicyclic) bond motifs is 1. The molecule has 4 rings (SSSR count). The molecule has 0 spiro atoms. The summed E-state index contributed by atoms with van der Waals surface area (Å²) < 4.78 is 34.5. The number of aromatic nitrogens is 2. The highest BCUT2D eigenvalue weighted by Crippen LogP contribution is 2.23. The number of benzene rings is 2. The van der Waals surface area contributed by atoms with Gasteiger partial charge in [-0.3, -0.25) is 4.79 Å².